The standard InChI is InChI=1S/C29H34N4O5S/c1-6-37-28(35)25-18(2)30-29-33(26(25)19-7-9-21(36-5)10-8-19)27(34)23(39-29)17-22-11-12-24(38-22)32-15-13-20(14-16-32)31(3)4/h7-12,17,20,26H,6,13-16H2,1-5H3/b23-17-/t26-/m0/s1. The third-order valence-corrected chi connectivity index (χ3v) is 8.32. The number of piperidine rings is 1. The lowest BCUT2D eigenvalue weighted by Crippen LogP contribution is -2.41. The Morgan fingerprint density at radius 3 is 2.54 bits per heavy atom. The Balaban J connectivity index is 1.52. The molecule has 9 nitrogen and oxygen atoms in total. The summed E-state index contributed by atoms with van der Waals surface area (Å²) in [6, 6.07) is 11.1. The Morgan fingerprint density at radius 2 is 1.90 bits per heavy atom. The number of benzene rings is 1. The van der Waals surface area contributed by atoms with Crippen molar-refractivity contribution < 1.29 is 18.7 Å². The van der Waals surface area contributed by atoms with Crippen LogP contribution in [-0.2, 0) is 9.53 Å². The molecule has 0 saturated carbocycles. The Hall–Kier alpha value is -3.63. The Labute approximate surface area is 231 Å². The van der Waals surface area contributed by atoms with E-state index in [1.165, 1.54) is 11.3 Å². The number of aromatic nitrogens is 1. The third kappa shape index (κ3) is 5.31. The summed E-state index contributed by atoms with van der Waals surface area (Å²) in [7, 11) is 5.84. The summed E-state index contributed by atoms with van der Waals surface area (Å²) in [5, 5.41) is 0. The lowest BCUT2D eigenvalue weighted by Gasteiger charge is -2.35. The number of esters is 1. The van der Waals surface area contributed by atoms with Crippen molar-refractivity contribution in [2.45, 2.75) is 38.8 Å². The van der Waals surface area contributed by atoms with Crippen LogP contribution in [0, 0.1) is 0 Å². The molecule has 10 heteroatoms. The monoisotopic (exact) mass is 550 g/mol. The quantitative estimate of drug-likeness (QED) is 0.418. The molecule has 1 fully saturated rings. The van der Waals surface area contributed by atoms with E-state index in [9.17, 15) is 9.59 Å². The van der Waals surface area contributed by atoms with E-state index in [0.29, 0.717) is 38.2 Å². The number of nitrogens with zero attached hydrogens (tertiary/aromatic N) is 4. The van der Waals surface area contributed by atoms with Crippen LogP contribution in [-0.4, -0.2) is 62.4 Å². The highest BCUT2D eigenvalue weighted by Gasteiger charge is 2.33. The van der Waals surface area contributed by atoms with Gasteiger partial charge >= 0.3 is 5.97 Å². The fourth-order valence-corrected chi connectivity index (χ4v) is 6.24. The highest BCUT2D eigenvalue weighted by atomic mass is 32.1. The van der Waals surface area contributed by atoms with Crippen LogP contribution < -0.4 is 24.5 Å². The number of fused-ring (bicyclic) bond motifs is 1. The molecule has 2 aliphatic rings. The molecule has 1 saturated heterocycles. The lowest BCUT2D eigenvalue weighted by molar-refractivity contribution is -0.139. The smallest absolute Gasteiger partial charge is 0.338 e. The molecule has 5 rings (SSSR count). The van der Waals surface area contributed by atoms with E-state index in [4.69, 9.17) is 13.9 Å². The number of furan rings is 1. The van der Waals surface area contributed by atoms with Gasteiger partial charge in [0.2, 0.25) is 0 Å². The van der Waals surface area contributed by atoms with Crippen molar-refractivity contribution in [1.82, 2.24) is 9.47 Å². The van der Waals surface area contributed by atoms with Gasteiger partial charge in [-0.15, -0.1) is 0 Å². The molecule has 1 atom stereocenters. The van der Waals surface area contributed by atoms with Crippen molar-refractivity contribution in [3.8, 4) is 5.75 Å². The summed E-state index contributed by atoms with van der Waals surface area (Å²) in [4.78, 5) is 36.5. The van der Waals surface area contributed by atoms with Gasteiger partial charge in [0, 0.05) is 31.3 Å². The molecule has 0 radical (unpaired) electrons. The van der Waals surface area contributed by atoms with Crippen molar-refractivity contribution in [2.24, 2.45) is 4.99 Å². The van der Waals surface area contributed by atoms with E-state index in [1.807, 2.05) is 36.4 Å². The van der Waals surface area contributed by atoms with E-state index in [2.05, 4.69) is 28.9 Å². The number of carbonyl (C=O) groups is 1. The van der Waals surface area contributed by atoms with Gasteiger partial charge < -0.3 is 23.7 Å². The number of allylic oxidation sites excluding steroid dienone is 1. The minimum absolute atomic E-state index is 0.225. The molecule has 4 heterocycles. The zero-order chi connectivity index (χ0) is 27.7. The van der Waals surface area contributed by atoms with Crippen molar-refractivity contribution in [1.29, 1.82) is 0 Å². The summed E-state index contributed by atoms with van der Waals surface area (Å²) in [5.41, 5.74) is 1.41. The van der Waals surface area contributed by atoms with Crippen LogP contribution in [0.2, 0.25) is 0 Å². The fourth-order valence-electron chi connectivity index (χ4n) is 5.21. The van der Waals surface area contributed by atoms with Crippen molar-refractivity contribution >= 4 is 29.3 Å². The molecule has 0 amide bonds. The normalized spacial score (nSPS) is 18.4. The number of ether oxygens (including phenoxy) is 2. The van der Waals surface area contributed by atoms with Gasteiger partial charge in [-0.1, -0.05) is 23.5 Å². The third-order valence-electron chi connectivity index (χ3n) is 7.34. The first-order valence-corrected chi connectivity index (χ1v) is 14.0. The molecule has 2 aliphatic heterocycles. The zero-order valence-electron chi connectivity index (χ0n) is 23.0. The molecule has 206 valence electrons. The second-order valence-corrected chi connectivity index (χ2v) is 10.9. The van der Waals surface area contributed by atoms with E-state index in [1.54, 1.807) is 31.6 Å². The van der Waals surface area contributed by atoms with Gasteiger partial charge in [0.25, 0.3) is 5.56 Å². The first kappa shape index (κ1) is 27.0. The van der Waals surface area contributed by atoms with Gasteiger partial charge in [-0.3, -0.25) is 9.36 Å². The number of thiazole rings is 1. The molecule has 3 aromatic rings. The first-order valence-electron chi connectivity index (χ1n) is 13.2. The zero-order valence-corrected chi connectivity index (χ0v) is 23.8. The highest BCUT2D eigenvalue weighted by molar-refractivity contribution is 7.07. The molecule has 39 heavy (non-hydrogen) atoms. The largest absolute Gasteiger partial charge is 0.497 e. The summed E-state index contributed by atoms with van der Waals surface area (Å²) in [6.07, 6.45) is 3.92. The van der Waals surface area contributed by atoms with Crippen LogP contribution in [0.4, 0.5) is 5.88 Å². The van der Waals surface area contributed by atoms with Crippen molar-refractivity contribution in [3.63, 3.8) is 0 Å². The Bertz CT molecular complexity index is 1560. The molecule has 0 spiro atoms. The predicted octanol–water partition coefficient (Wildman–Crippen LogP) is 2.93. The summed E-state index contributed by atoms with van der Waals surface area (Å²) in [5.74, 6) is 1.61. The maximum atomic E-state index is 13.8. The molecular formula is C29H34N4O5S. The molecular weight excluding hydrogens is 516 g/mol. The first-order chi connectivity index (χ1) is 18.8. The van der Waals surface area contributed by atoms with Gasteiger partial charge in [0.05, 0.1) is 35.6 Å². The van der Waals surface area contributed by atoms with Crippen LogP contribution >= 0.6 is 11.3 Å². The highest BCUT2D eigenvalue weighted by Crippen LogP contribution is 2.31. The number of carbonyl (C=O) groups excluding carboxylic acids is 1. The van der Waals surface area contributed by atoms with Crippen LogP contribution in [0.15, 0.2) is 61.9 Å². The van der Waals surface area contributed by atoms with Crippen molar-refractivity contribution in [3.05, 3.63) is 78.7 Å². The second-order valence-electron chi connectivity index (χ2n) is 9.93. The lowest BCUT2D eigenvalue weighted by atomic mass is 9.96. The minimum Gasteiger partial charge on any atom is -0.497 e. The number of rotatable bonds is 7. The second kappa shape index (κ2) is 11.2. The Kier molecular flexibility index (Phi) is 7.76. The minimum atomic E-state index is -0.668. The van der Waals surface area contributed by atoms with E-state index in [0.717, 1.165) is 37.4 Å². The molecule has 0 bridgehead atoms. The van der Waals surface area contributed by atoms with E-state index < -0.39 is 12.0 Å². The van der Waals surface area contributed by atoms with Gasteiger partial charge in [0.15, 0.2) is 10.7 Å². The molecule has 0 aliphatic carbocycles. The van der Waals surface area contributed by atoms with Gasteiger partial charge in [-0.25, -0.2) is 9.79 Å². The Morgan fingerprint density at radius 1 is 1.18 bits per heavy atom. The summed E-state index contributed by atoms with van der Waals surface area (Å²) < 4.78 is 18.9. The topological polar surface area (TPSA) is 89.5 Å². The van der Waals surface area contributed by atoms with E-state index >= 15 is 0 Å². The molecule has 0 unspecified atom stereocenters. The molecule has 1 aromatic carbocycles. The van der Waals surface area contributed by atoms with Crippen LogP contribution in [0.25, 0.3) is 6.08 Å². The fraction of sp³-hybridized carbons (Fsp3) is 0.414. The maximum Gasteiger partial charge on any atom is 0.338 e. The van der Waals surface area contributed by atoms with Crippen molar-refractivity contribution in [2.75, 3.05) is 45.8 Å². The molecule has 2 aromatic heterocycles. The van der Waals surface area contributed by atoms with E-state index in [-0.39, 0.29) is 12.2 Å². The van der Waals surface area contributed by atoms with Gasteiger partial charge in [-0.05, 0) is 64.5 Å². The average molecular weight is 551 g/mol. The average Bonchev–Trinajstić information content (AvgIpc) is 3.52. The number of hydrogen-bond acceptors (Lipinski definition) is 9. The van der Waals surface area contributed by atoms with Crippen LogP contribution in [0.3, 0.4) is 0 Å². The summed E-state index contributed by atoms with van der Waals surface area (Å²) in [6.45, 7) is 5.61. The maximum absolute atomic E-state index is 13.8. The number of hydrogen-bond donors (Lipinski definition) is 0. The van der Waals surface area contributed by atoms with Gasteiger partial charge in [0.1, 0.15) is 11.5 Å². The number of methoxy groups -OCH3 is 1. The van der Waals surface area contributed by atoms with Gasteiger partial charge in [-0.2, -0.15) is 0 Å². The SMILES string of the molecule is CCOC(=O)C1=C(C)N=c2s/c(=C\c3ccc(N4CCC(N(C)C)CC4)o3)c(=O)n2[C@H]1c1ccc(OC)cc1. The van der Waals surface area contributed by atoms with Crippen LogP contribution in [0.1, 0.15) is 44.1 Å². The predicted molar refractivity (Wildman–Crippen MR) is 151 cm³/mol. The number of anilines is 1. The molecule has 0 N–H and O–H groups in total. The van der Waals surface area contributed by atoms with Crippen LogP contribution in [0.5, 0.6) is 5.75 Å². The summed E-state index contributed by atoms with van der Waals surface area (Å²) >= 11 is 1.28.